The maximum Gasteiger partial charge on any atom is 0.245 e. The fourth-order valence-corrected chi connectivity index (χ4v) is 3.24. The van der Waals surface area contributed by atoms with E-state index in [9.17, 15) is 9.59 Å². The number of benzene rings is 2. The van der Waals surface area contributed by atoms with Gasteiger partial charge in [-0.3, -0.25) is 9.59 Å². The van der Waals surface area contributed by atoms with Crippen molar-refractivity contribution in [2.45, 2.75) is 38.8 Å². The number of nitrogens with zero attached hydrogens (tertiary/aromatic N) is 1. The van der Waals surface area contributed by atoms with Crippen LogP contribution in [-0.4, -0.2) is 29.3 Å². The zero-order valence-corrected chi connectivity index (χ0v) is 14.6. The van der Waals surface area contributed by atoms with Gasteiger partial charge in [0.05, 0.1) is 0 Å². The van der Waals surface area contributed by atoms with Crippen LogP contribution in [0.5, 0.6) is 0 Å². The molecule has 0 radical (unpaired) electrons. The summed E-state index contributed by atoms with van der Waals surface area (Å²) < 4.78 is 0. The second kappa shape index (κ2) is 7.97. The third kappa shape index (κ3) is 4.47. The van der Waals surface area contributed by atoms with Crippen LogP contribution in [0.4, 0.5) is 0 Å². The van der Waals surface area contributed by atoms with Gasteiger partial charge in [-0.25, -0.2) is 0 Å². The summed E-state index contributed by atoms with van der Waals surface area (Å²) in [5, 5.41) is 2.84. The van der Waals surface area contributed by atoms with E-state index in [4.69, 9.17) is 0 Å². The summed E-state index contributed by atoms with van der Waals surface area (Å²) in [4.78, 5) is 26.6. The summed E-state index contributed by atoms with van der Waals surface area (Å²) in [5.41, 5.74) is 3.64. The fourth-order valence-electron chi connectivity index (χ4n) is 3.24. The van der Waals surface area contributed by atoms with Gasteiger partial charge < -0.3 is 10.2 Å². The molecule has 0 spiro atoms. The lowest BCUT2D eigenvalue weighted by Crippen LogP contribution is -2.48. The van der Waals surface area contributed by atoms with E-state index >= 15 is 0 Å². The van der Waals surface area contributed by atoms with Crippen molar-refractivity contribution in [3.8, 4) is 0 Å². The van der Waals surface area contributed by atoms with Gasteiger partial charge >= 0.3 is 0 Å². The van der Waals surface area contributed by atoms with Crippen molar-refractivity contribution in [2.75, 3.05) is 6.54 Å². The van der Waals surface area contributed by atoms with Gasteiger partial charge in [0.25, 0.3) is 0 Å². The highest BCUT2D eigenvalue weighted by Gasteiger charge is 2.25. The lowest BCUT2D eigenvalue weighted by atomic mass is 9.99. The van der Waals surface area contributed by atoms with Crippen molar-refractivity contribution in [1.29, 1.82) is 0 Å². The molecule has 130 valence electrons. The minimum atomic E-state index is -0.492. The molecule has 0 aromatic heterocycles. The average Bonchev–Trinajstić information content (AvgIpc) is 2.66. The second-order valence-corrected chi connectivity index (χ2v) is 6.55. The molecule has 25 heavy (non-hydrogen) atoms. The Hall–Kier alpha value is -2.62. The highest BCUT2D eigenvalue weighted by Crippen LogP contribution is 2.19. The lowest BCUT2D eigenvalue weighted by molar-refractivity contribution is -0.136. The van der Waals surface area contributed by atoms with Crippen molar-refractivity contribution >= 4 is 11.8 Å². The van der Waals surface area contributed by atoms with E-state index in [-0.39, 0.29) is 11.8 Å². The molecule has 0 saturated carbocycles. The topological polar surface area (TPSA) is 49.4 Å². The Balaban J connectivity index is 1.50. The normalized spacial score (nSPS) is 14.5. The molecule has 4 nitrogen and oxygen atoms in total. The molecule has 1 aliphatic rings. The molecule has 1 heterocycles. The Morgan fingerprint density at radius 3 is 2.48 bits per heavy atom. The highest BCUT2D eigenvalue weighted by molar-refractivity contribution is 5.87. The molecule has 2 aromatic rings. The van der Waals surface area contributed by atoms with E-state index in [1.165, 1.54) is 11.1 Å². The predicted octanol–water partition coefficient (Wildman–Crippen LogP) is 2.71. The second-order valence-electron chi connectivity index (χ2n) is 6.55. The minimum absolute atomic E-state index is 0.0115. The SMILES string of the molecule is C[C@H](NC(=O)CCc1ccccc1)C(=O)N1CCc2ccccc2C1. The third-order valence-corrected chi connectivity index (χ3v) is 4.67. The van der Waals surface area contributed by atoms with Crippen LogP contribution in [0, 0.1) is 0 Å². The molecule has 1 N–H and O–H groups in total. The van der Waals surface area contributed by atoms with E-state index in [2.05, 4.69) is 17.4 Å². The Kier molecular flexibility index (Phi) is 5.49. The number of aryl methyl sites for hydroxylation is 1. The monoisotopic (exact) mass is 336 g/mol. The first kappa shape index (κ1) is 17.2. The zero-order chi connectivity index (χ0) is 17.6. The van der Waals surface area contributed by atoms with Crippen LogP contribution in [0.15, 0.2) is 54.6 Å². The number of rotatable bonds is 5. The van der Waals surface area contributed by atoms with E-state index in [0.29, 0.717) is 25.9 Å². The molecule has 2 amide bonds. The molecule has 4 heteroatoms. The van der Waals surface area contributed by atoms with Crippen molar-refractivity contribution in [3.05, 3.63) is 71.3 Å². The smallest absolute Gasteiger partial charge is 0.245 e. The van der Waals surface area contributed by atoms with Gasteiger partial charge in [-0.2, -0.15) is 0 Å². The van der Waals surface area contributed by atoms with E-state index in [1.54, 1.807) is 6.92 Å². The molecule has 1 atom stereocenters. The molecular formula is C21H24N2O2. The summed E-state index contributed by atoms with van der Waals surface area (Å²) in [5.74, 6) is -0.0929. The zero-order valence-electron chi connectivity index (χ0n) is 14.6. The van der Waals surface area contributed by atoms with E-state index < -0.39 is 6.04 Å². The highest BCUT2D eigenvalue weighted by atomic mass is 16.2. The van der Waals surface area contributed by atoms with E-state index in [1.807, 2.05) is 47.4 Å². The van der Waals surface area contributed by atoms with Gasteiger partial charge in [-0.15, -0.1) is 0 Å². The van der Waals surface area contributed by atoms with Gasteiger partial charge in [0.15, 0.2) is 0 Å². The number of fused-ring (bicyclic) bond motifs is 1. The Morgan fingerprint density at radius 1 is 1.04 bits per heavy atom. The average molecular weight is 336 g/mol. The van der Waals surface area contributed by atoms with Crippen LogP contribution in [0.25, 0.3) is 0 Å². The standard InChI is InChI=1S/C21H24N2O2/c1-16(22-20(24)12-11-17-7-3-2-4-8-17)21(25)23-14-13-18-9-5-6-10-19(18)15-23/h2-10,16H,11-15H2,1H3,(H,22,24)/t16-/m0/s1. The number of hydrogen-bond donors (Lipinski definition) is 1. The maximum absolute atomic E-state index is 12.6. The summed E-state index contributed by atoms with van der Waals surface area (Å²) in [6.45, 7) is 3.10. The van der Waals surface area contributed by atoms with Crippen LogP contribution in [0.3, 0.4) is 0 Å². The van der Waals surface area contributed by atoms with Crippen LogP contribution < -0.4 is 5.32 Å². The van der Waals surface area contributed by atoms with Crippen LogP contribution in [0.2, 0.25) is 0 Å². The summed E-state index contributed by atoms with van der Waals surface area (Å²) in [6, 6.07) is 17.6. The lowest BCUT2D eigenvalue weighted by Gasteiger charge is -2.31. The van der Waals surface area contributed by atoms with Gasteiger partial charge in [0.1, 0.15) is 6.04 Å². The Morgan fingerprint density at radius 2 is 1.72 bits per heavy atom. The van der Waals surface area contributed by atoms with Crippen molar-refractivity contribution in [2.24, 2.45) is 0 Å². The summed E-state index contributed by atoms with van der Waals surface area (Å²) >= 11 is 0. The summed E-state index contributed by atoms with van der Waals surface area (Å²) in [6.07, 6.45) is 1.95. The molecule has 0 bridgehead atoms. The summed E-state index contributed by atoms with van der Waals surface area (Å²) in [7, 11) is 0. The first-order chi connectivity index (χ1) is 12.1. The quantitative estimate of drug-likeness (QED) is 0.913. The number of hydrogen-bond acceptors (Lipinski definition) is 2. The van der Waals surface area contributed by atoms with Gasteiger partial charge in [-0.1, -0.05) is 54.6 Å². The van der Waals surface area contributed by atoms with Crippen LogP contribution in [0.1, 0.15) is 30.0 Å². The first-order valence-corrected chi connectivity index (χ1v) is 8.82. The number of amides is 2. The minimum Gasteiger partial charge on any atom is -0.345 e. The van der Waals surface area contributed by atoms with E-state index in [0.717, 1.165) is 12.0 Å². The molecule has 0 saturated heterocycles. The molecule has 0 unspecified atom stereocenters. The maximum atomic E-state index is 12.6. The molecular weight excluding hydrogens is 312 g/mol. The molecule has 3 rings (SSSR count). The van der Waals surface area contributed by atoms with Crippen LogP contribution >= 0.6 is 0 Å². The largest absolute Gasteiger partial charge is 0.345 e. The van der Waals surface area contributed by atoms with Crippen LogP contribution in [-0.2, 0) is 29.0 Å². The first-order valence-electron chi connectivity index (χ1n) is 8.82. The number of carbonyl (C=O) groups is 2. The van der Waals surface area contributed by atoms with Crippen molar-refractivity contribution < 1.29 is 9.59 Å². The van der Waals surface area contributed by atoms with Gasteiger partial charge in [0.2, 0.25) is 11.8 Å². The Labute approximate surface area is 148 Å². The number of nitrogens with one attached hydrogen (secondary N) is 1. The predicted molar refractivity (Wildman–Crippen MR) is 97.9 cm³/mol. The Bertz CT molecular complexity index is 743. The molecule has 1 aliphatic heterocycles. The third-order valence-electron chi connectivity index (χ3n) is 4.67. The molecule has 2 aromatic carbocycles. The number of carbonyl (C=O) groups excluding carboxylic acids is 2. The van der Waals surface area contributed by atoms with Gasteiger partial charge in [0, 0.05) is 19.5 Å². The molecule has 0 aliphatic carbocycles. The van der Waals surface area contributed by atoms with Gasteiger partial charge in [-0.05, 0) is 36.5 Å². The molecule has 0 fully saturated rings. The van der Waals surface area contributed by atoms with Crippen molar-refractivity contribution in [3.63, 3.8) is 0 Å². The fraction of sp³-hybridized carbons (Fsp3) is 0.333. The van der Waals surface area contributed by atoms with Crippen molar-refractivity contribution in [1.82, 2.24) is 10.2 Å².